The van der Waals surface area contributed by atoms with Crippen molar-refractivity contribution in [1.29, 1.82) is 0 Å². The highest BCUT2D eigenvalue weighted by Gasteiger charge is 2.80. The molecule has 4 aliphatic carbocycles. The van der Waals surface area contributed by atoms with Gasteiger partial charge in [0.15, 0.2) is 23.5 Å². The highest BCUT2D eigenvalue weighted by molar-refractivity contribution is 5.92. The molecule has 44 heavy (non-hydrogen) atoms. The second kappa shape index (κ2) is 9.91. The maximum atomic E-state index is 17.6. The van der Waals surface area contributed by atoms with Gasteiger partial charge in [0, 0.05) is 45.8 Å². The maximum Gasteiger partial charge on any atom is 0.193 e. The number of nitrogens with one attached hydrogen (secondary N) is 1. The second-order valence-electron chi connectivity index (χ2n) is 13.7. The highest BCUT2D eigenvalue weighted by Crippen LogP contribution is 2.73. The third kappa shape index (κ3) is 3.80. The van der Waals surface area contributed by atoms with Crippen LogP contribution in [0, 0.1) is 22.7 Å². The summed E-state index contributed by atoms with van der Waals surface area (Å²) in [6.07, 6.45) is -3.61. The lowest BCUT2D eigenvalue weighted by Gasteiger charge is -2.64. The lowest BCUT2D eigenvalue weighted by atomic mass is 9.43. The molecular formula is C34H38F2N2O6. The van der Waals surface area contributed by atoms with Crippen LogP contribution in [-0.4, -0.2) is 58.0 Å². The molecule has 0 unspecified atom stereocenters. The van der Waals surface area contributed by atoms with E-state index in [1.54, 1.807) is 19.9 Å². The Bertz CT molecular complexity index is 1550. The summed E-state index contributed by atoms with van der Waals surface area (Å²) in [6.45, 7) is 2.58. The number of aliphatic hydroxyl groups is 2. The molecule has 0 bridgehead atoms. The van der Waals surface area contributed by atoms with Crippen molar-refractivity contribution < 1.29 is 38.1 Å². The first-order valence-electron chi connectivity index (χ1n) is 15.3. The van der Waals surface area contributed by atoms with Crippen molar-refractivity contribution >= 4 is 28.6 Å². The number of halogens is 2. The fourth-order valence-electron chi connectivity index (χ4n) is 9.58. The average molecular weight is 609 g/mol. The predicted octanol–water partition coefficient (Wildman–Crippen LogP) is 4.88. The van der Waals surface area contributed by atoms with Crippen LogP contribution in [-0.2, 0) is 19.1 Å². The molecule has 10 heteroatoms. The lowest BCUT2D eigenvalue weighted by Crippen LogP contribution is -2.71. The lowest BCUT2D eigenvalue weighted by molar-refractivity contribution is -0.243. The molecule has 1 saturated heterocycles. The highest BCUT2D eigenvalue weighted by atomic mass is 19.1. The van der Waals surface area contributed by atoms with Crippen LogP contribution >= 0.6 is 0 Å². The van der Waals surface area contributed by atoms with Gasteiger partial charge in [0.1, 0.15) is 18.4 Å². The van der Waals surface area contributed by atoms with Crippen molar-refractivity contribution in [3.05, 3.63) is 65.7 Å². The number of rotatable bonds is 5. The van der Waals surface area contributed by atoms with E-state index in [-0.39, 0.29) is 43.5 Å². The Morgan fingerprint density at radius 1 is 1.11 bits per heavy atom. The zero-order chi connectivity index (χ0) is 31.2. The topological polar surface area (TPSA) is 131 Å². The molecule has 7 rings (SSSR count). The summed E-state index contributed by atoms with van der Waals surface area (Å²) in [5.41, 5.74) is 2.51. The van der Waals surface area contributed by atoms with Crippen LogP contribution in [0.2, 0.25) is 0 Å². The third-order valence-corrected chi connectivity index (χ3v) is 11.7. The molecule has 234 valence electrons. The Balaban J connectivity index is 1.21. The van der Waals surface area contributed by atoms with Gasteiger partial charge in [0.2, 0.25) is 0 Å². The normalized spacial score (nSPS) is 42.5. The van der Waals surface area contributed by atoms with E-state index in [1.807, 2.05) is 42.5 Å². The maximum absolute atomic E-state index is 17.6. The number of allylic oxidation sites excluding steroid dienone is 1. The van der Waals surface area contributed by atoms with Crippen LogP contribution in [0.15, 0.2) is 60.2 Å². The minimum absolute atomic E-state index is 0.0803. The molecule has 4 fully saturated rings. The zero-order valence-corrected chi connectivity index (χ0v) is 24.8. The number of Topliss-reactive ketones (excluding diaryl/α,β-unsaturated/α-hetero) is 1. The number of aliphatic hydroxyl groups excluding tert-OH is 2. The number of nitrogens with two attached hydrogens (primary N) is 1. The van der Waals surface area contributed by atoms with E-state index in [0.717, 1.165) is 11.4 Å². The Labute approximate surface area is 254 Å². The van der Waals surface area contributed by atoms with Crippen LogP contribution in [0.3, 0.4) is 0 Å². The van der Waals surface area contributed by atoms with Gasteiger partial charge in [-0.15, -0.1) is 0 Å². The summed E-state index contributed by atoms with van der Waals surface area (Å²) in [5.74, 6) is -2.35. The summed E-state index contributed by atoms with van der Waals surface area (Å²) in [6, 6.07) is 14.7. The summed E-state index contributed by atoms with van der Waals surface area (Å²) in [5, 5.41) is 25.1. The number of carbonyl (C=O) groups excluding carboxylic acids is 2. The summed E-state index contributed by atoms with van der Waals surface area (Å²) in [4.78, 5) is 25.9. The van der Waals surface area contributed by atoms with Crippen molar-refractivity contribution in [2.24, 2.45) is 22.7 Å². The summed E-state index contributed by atoms with van der Waals surface area (Å²) >= 11 is 0. The molecule has 5 N–H and O–H groups in total. The fraction of sp³-hybridized carbons (Fsp3) is 0.529. The zero-order valence-electron chi connectivity index (χ0n) is 24.8. The van der Waals surface area contributed by atoms with E-state index in [0.29, 0.717) is 11.3 Å². The van der Waals surface area contributed by atoms with E-state index < -0.39 is 71.0 Å². The molecule has 1 aliphatic heterocycles. The van der Waals surface area contributed by atoms with Crippen LogP contribution in [0.4, 0.5) is 25.8 Å². The Morgan fingerprint density at radius 3 is 2.57 bits per heavy atom. The van der Waals surface area contributed by atoms with E-state index in [2.05, 4.69) is 5.32 Å². The van der Waals surface area contributed by atoms with E-state index >= 15 is 8.78 Å². The van der Waals surface area contributed by atoms with Gasteiger partial charge in [0.05, 0.1) is 12.2 Å². The molecular weight excluding hydrogens is 570 g/mol. The predicted molar refractivity (Wildman–Crippen MR) is 158 cm³/mol. The van der Waals surface area contributed by atoms with Crippen LogP contribution in [0.25, 0.3) is 0 Å². The molecule has 2 aromatic carbocycles. The number of ketones is 2. The number of hydrogen-bond donors (Lipinski definition) is 4. The van der Waals surface area contributed by atoms with Crippen LogP contribution in [0.1, 0.15) is 57.8 Å². The number of carbonyl (C=O) groups is 2. The van der Waals surface area contributed by atoms with Gasteiger partial charge in [-0.25, -0.2) is 8.78 Å². The van der Waals surface area contributed by atoms with E-state index in [4.69, 9.17) is 15.2 Å². The van der Waals surface area contributed by atoms with E-state index in [1.165, 1.54) is 6.08 Å². The molecule has 10 atom stereocenters. The number of nitrogen functional groups attached to an aromatic ring is 1. The van der Waals surface area contributed by atoms with Crippen LogP contribution in [0.5, 0.6) is 0 Å². The molecule has 0 aromatic heterocycles. The van der Waals surface area contributed by atoms with Gasteiger partial charge in [-0.05, 0) is 73.6 Å². The van der Waals surface area contributed by atoms with Crippen LogP contribution < -0.4 is 11.1 Å². The first kappa shape index (κ1) is 29.5. The fourth-order valence-corrected chi connectivity index (χ4v) is 9.58. The Kier molecular flexibility index (Phi) is 6.65. The molecule has 0 radical (unpaired) electrons. The smallest absolute Gasteiger partial charge is 0.193 e. The summed E-state index contributed by atoms with van der Waals surface area (Å²) in [7, 11) is 0. The molecule has 3 saturated carbocycles. The largest absolute Gasteiger partial charge is 0.399 e. The second-order valence-corrected chi connectivity index (χ2v) is 13.7. The van der Waals surface area contributed by atoms with Gasteiger partial charge in [-0.3, -0.25) is 9.59 Å². The standard InChI is InChI=1S/C34H38F2N2O6/c1-31-11-10-22(40)13-25(31)26(35)14-24-23-15-29-34(28(42)17-39,32(23,2)16-27(41)33(24,31)36)44-30(43-29)18-6-8-20(9-7-18)38-21-5-3-4-19(37)12-21/h3-9,12-13,23-24,26-27,29-30,38-39,41H,10-11,14-17,37H2,1-2H3/t23-,24-,26-,27-,29+,30+,31-,32-,33-,34+/m0/s1. The first-order valence-corrected chi connectivity index (χ1v) is 15.3. The first-order chi connectivity index (χ1) is 20.9. The molecule has 0 spiro atoms. The molecule has 5 aliphatic rings. The molecule has 1 heterocycles. The summed E-state index contributed by atoms with van der Waals surface area (Å²) < 4.78 is 46.3. The average Bonchev–Trinajstić information content (AvgIpc) is 3.49. The van der Waals surface area contributed by atoms with Crippen molar-refractivity contribution in [1.82, 2.24) is 0 Å². The monoisotopic (exact) mass is 608 g/mol. The number of benzene rings is 2. The van der Waals surface area contributed by atoms with Crippen molar-refractivity contribution in [3.8, 4) is 0 Å². The minimum atomic E-state index is -2.21. The molecule has 2 aromatic rings. The molecule has 8 nitrogen and oxygen atoms in total. The number of hydrogen-bond acceptors (Lipinski definition) is 8. The third-order valence-electron chi connectivity index (χ3n) is 11.7. The number of anilines is 3. The van der Waals surface area contributed by atoms with Gasteiger partial charge in [0.25, 0.3) is 0 Å². The van der Waals surface area contributed by atoms with E-state index in [9.17, 15) is 19.8 Å². The van der Waals surface area contributed by atoms with Crippen molar-refractivity contribution in [2.45, 2.75) is 81.9 Å². The van der Waals surface area contributed by atoms with Gasteiger partial charge in [-0.2, -0.15) is 0 Å². The number of alkyl halides is 2. The van der Waals surface area contributed by atoms with Crippen molar-refractivity contribution in [3.63, 3.8) is 0 Å². The Hall–Kier alpha value is -3.18. The Morgan fingerprint density at radius 2 is 1.86 bits per heavy atom. The number of ether oxygens (including phenoxy) is 2. The van der Waals surface area contributed by atoms with Gasteiger partial charge < -0.3 is 30.7 Å². The minimum Gasteiger partial charge on any atom is -0.399 e. The van der Waals surface area contributed by atoms with Gasteiger partial charge in [-0.1, -0.05) is 32.0 Å². The SMILES string of the molecule is C[C@]12CCC(=O)C=C1[C@@H](F)C[C@H]1[C@@H]3C[C@H]4O[C@@H](c5ccc(Nc6cccc(N)c6)cc5)O[C@@]4(C(=O)CO)[C@@]3(C)C[C@H](O)[C@@]12F. The molecule has 0 amide bonds. The van der Waals surface area contributed by atoms with Crippen molar-refractivity contribution in [2.75, 3.05) is 17.7 Å². The quantitative estimate of drug-likeness (QED) is 0.354. The number of fused-ring (bicyclic) bond motifs is 7. The van der Waals surface area contributed by atoms with Gasteiger partial charge >= 0.3 is 0 Å².